The molecule has 34 heavy (non-hydrogen) atoms. The number of ether oxygens (including phenoxy) is 1. The van der Waals surface area contributed by atoms with Crippen LogP contribution in [0.25, 0.3) is 16.8 Å². The van der Waals surface area contributed by atoms with Crippen molar-refractivity contribution >= 4 is 0 Å². The second-order valence-corrected chi connectivity index (χ2v) is 7.48. The van der Waals surface area contributed by atoms with Crippen LogP contribution in [0.2, 0.25) is 0 Å². The Morgan fingerprint density at radius 3 is 2.50 bits per heavy atom. The van der Waals surface area contributed by atoms with Crippen LogP contribution in [0.4, 0.5) is 17.6 Å². The van der Waals surface area contributed by atoms with E-state index in [2.05, 4.69) is 4.74 Å². The van der Waals surface area contributed by atoms with Gasteiger partial charge in [-0.1, -0.05) is 18.2 Å². The number of rotatable bonds is 4. The Kier molecular flexibility index (Phi) is 5.48. The summed E-state index contributed by atoms with van der Waals surface area (Å²) in [4.78, 5) is 23.6. The van der Waals surface area contributed by atoms with Crippen LogP contribution in [0.3, 0.4) is 0 Å². The molecule has 2 unspecified atom stereocenters. The molecule has 1 aliphatic rings. The standard InChI is InChI=1S/C22H13F4N3O5/c23-15-7-12(11-2-1-3-14(6-11)34-22(24,25)26)4-5-16(15)28-10-18(30)20-17(29(32)33)8-13(9-27)19(20)21(28)31/h1-7,10,13,17,30H,8H2. The van der Waals surface area contributed by atoms with E-state index >= 15 is 4.39 Å². The number of pyridine rings is 1. The Morgan fingerprint density at radius 1 is 1.18 bits per heavy atom. The minimum atomic E-state index is -4.90. The lowest BCUT2D eigenvalue weighted by Gasteiger charge is -2.14. The van der Waals surface area contributed by atoms with Crippen LogP contribution in [0.1, 0.15) is 29.5 Å². The number of benzene rings is 2. The van der Waals surface area contributed by atoms with Gasteiger partial charge in [-0.05, 0) is 35.4 Å². The highest BCUT2D eigenvalue weighted by molar-refractivity contribution is 5.66. The van der Waals surface area contributed by atoms with Crippen molar-refractivity contribution in [3.63, 3.8) is 0 Å². The summed E-state index contributed by atoms with van der Waals surface area (Å²) in [6.45, 7) is 0. The zero-order valence-corrected chi connectivity index (χ0v) is 16.9. The number of nitro groups is 1. The van der Waals surface area contributed by atoms with Gasteiger partial charge in [-0.3, -0.25) is 19.5 Å². The highest BCUT2D eigenvalue weighted by atomic mass is 19.4. The highest BCUT2D eigenvalue weighted by Gasteiger charge is 2.44. The van der Waals surface area contributed by atoms with Gasteiger partial charge in [0, 0.05) is 16.9 Å². The number of halogens is 4. The second-order valence-electron chi connectivity index (χ2n) is 7.48. The topological polar surface area (TPSA) is 118 Å². The van der Waals surface area contributed by atoms with Crippen LogP contribution >= 0.6 is 0 Å². The summed E-state index contributed by atoms with van der Waals surface area (Å²) in [5.74, 6) is -3.25. The molecule has 174 valence electrons. The molecule has 4 rings (SSSR count). The van der Waals surface area contributed by atoms with E-state index in [0.717, 1.165) is 35.0 Å². The fraction of sp³-hybridized carbons (Fsp3) is 0.182. The van der Waals surface area contributed by atoms with Crippen LogP contribution in [-0.2, 0) is 0 Å². The van der Waals surface area contributed by atoms with Gasteiger partial charge in [0.2, 0.25) is 6.04 Å². The van der Waals surface area contributed by atoms with Crippen molar-refractivity contribution in [2.24, 2.45) is 0 Å². The molecule has 0 radical (unpaired) electrons. The number of nitriles is 1. The fourth-order valence-electron chi connectivity index (χ4n) is 4.02. The first kappa shape index (κ1) is 22.8. The molecule has 12 heteroatoms. The average Bonchev–Trinajstić information content (AvgIpc) is 3.16. The summed E-state index contributed by atoms with van der Waals surface area (Å²) >= 11 is 0. The average molecular weight is 475 g/mol. The van der Waals surface area contributed by atoms with Gasteiger partial charge in [-0.25, -0.2) is 4.39 Å². The first-order valence-electron chi connectivity index (χ1n) is 9.67. The van der Waals surface area contributed by atoms with E-state index in [4.69, 9.17) is 0 Å². The molecule has 0 bridgehead atoms. The SMILES string of the molecule is N#CC1CC([N+](=O)[O-])c2c(O)cn(-c3ccc(-c4cccc(OC(F)(F)F)c4)cc3F)c(=O)c21. The van der Waals surface area contributed by atoms with Crippen molar-refractivity contribution in [3.05, 3.63) is 86.1 Å². The van der Waals surface area contributed by atoms with Gasteiger partial charge < -0.3 is 9.84 Å². The summed E-state index contributed by atoms with van der Waals surface area (Å²) < 4.78 is 57.0. The molecular weight excluding hydrogens is 462 g/mol. The lowest BCUT2D eigenvalue weighted by Crippen LogP contribution is -2.24. The van der Waals surface area contributed by atoms with Crippen LogP contribution in [0, 0.1) is 27.3 Å². The van der Waals surface area contributed by atoms with Crippen molar-refractivity contribution in [2.45, 2.75) is 24.7 Å². The Hall–Kier alpha value is -4.40. The summed E-state index contributed by atoms with van der Waals surface area (Å²) in [5.41, 5.74) is -1.38. The Morgan fingerprint density at radius 2 is 1.88 bits per heavy atom. The van der Waals surface area contributed by atoms with Gasteiger partial charge >= 0.3 is 6.36 Å². The van der Waals surface area contributed by atoms with Crippen LogP contribution in [-0.4, -0.2) is 21.0 Å². The van der Waals surface area contributed by atoms with E-state index in [-0.39, 0.29) is 34.4 Å². The van der Waals surface area contributed by atoms with E-state index in [9.17, 15) is 38.4 Å². The van der Waals surface area contributed by atoms with Gasteiger partial charge in [0.25, 0.3) is 5.56 Å². The molecule has 0 spiro atoms. The summed E-state index contributed by atoms with van der Waals surface area (Å²) in [7, 11) is 0. The number of hydrogen-bond donors (Lipinski definition) is 1. The first-order chi connectivity index (χ1) is 16.0. The van der Waals surface area contributed by atoms with Crippen LogP contribution < -0.4 is 10.3 Å². The highest BCUT2D eigenvalue weighted by Crippen LogP contribution is 2.44. The first-order valence-corrected chi connectivity index (χ1v) is 9.67. The number of hydrogen-bond acceptors (Lipinski definition) is 6. The third-order valence-electron chi connectivity index (χ3n) is 5.43. The summed E-state index contributed by atoms with van der Waals surface area (Å²) in [6.07, 6.45) is -4.36. The van der Waals surface area contributed by atoms with Crippen molar-refractivity contribution in [3.8, 4) is 34.4 Å². The zero-order chi connectivity index (χ0) is 24.8. The fourth-order valence-corrected chi connectivity index (χ4v) is 4.02. The van der Waals surface area contributed by atoms with Gasteiger partial charge in [-0.2, -0.15) is 5.26 Å². The van der Waals surface area contributed by atoms with E-state index in [1.165, 1.54) is 18.2 Å². The minimum Gasteiger partial charge on any atom is -0.506 e. The largest absolute Gasteiger partial charge is 0.573 e. The molecule has 0 amide bonds. The maximum atomic E-state index is 15.0. The molecule has 0 saturated carbocycles. The normalized spacial score (nSPS) is 17.1. The molecule has 0 saturated heterocycles. The molecule has 1 heterocycles. The molecule has 8 nitrogen and oxygen atoms in total. The maximum absolute atomic E-state index is 15.0. The second kappa shape index (κ2) is 8.18. The lowest BCUT2D eigenvalue weighted by molar-refractivity contribution is -0.528. The molecule has 1 aromatic heterocycles. The monoisotopic (exact) mass is 475 g/mol. The van der Waals surface area contributed by atoms with Crippen molar-refractivity contribution in [1.82, 2.24) is 4.57 Å². The smallest absolute Gasteiger partial charge is 0.506 e. The van der Waals surface area contributed by atoms with Gasteiger partial charge in [-0.15, -0.1) is 13.2 Å². The summed E-state index contributed by atoms with van der Waals surface area (Å²) in [6, 6.07) is 8.70. The number of fused-ring (bicyclic) bond motifs is 1. The predicted octanol–water partition coefficient (Wildman–Crippen LogP) is 4.58. The molecule has 1 N–H and O–H groups in total. The molecule has 2 atom stereocenters. The van der Waals surface area contributed by atoms with E-state index < -0.39 is 46.1 Å². The third kappa shape index (κ3) is 4.03. The molecule has 0 fully saturated rings. The van der Waals surface area contributed by atoms with Gasteiger partial charge in [0.1, 0.15) is 17.3 Å². The number of aromatic hydroxyl groups is 1. The zero-order valence-electron chi connectivity index (χ0n) is 16.9. The quantitative estimate of drug-likeness (QED) is 0.335. The predicted molar refractivity (Wildman–Crippen MR) is 108 cm³/mol. The van der Waals surface area contributed by atoms with E-state index in [1.807, 2.05) is 0 Å². The van der Waals surface area contributed by atoms with E-state index in [0.29, 0.717) is 0 Å². The Labute approximate surface area is 188 Å². The molecular formula is C22H13F4N3O5. The van der Waals surface area contributed by atoms with Crippen molar-refractivity contribution in [1.29, 1.82) is 5.26 Å². The van der Waals surface area contributed by atoms with E-state index in [1.54, 1.807) is 6.07 Å². The molecule has 1 aliphatic carbocycles. The van der Waals surface area contributed by atoms with Crippen LogP contribution in [0.15, 0.2) is 53.5 Å². The molecule has 2 aromatic carbocycles. The van der Waals surface area contributed by atoms with Crippen molar-refractivity contribution < 1.29 is 32.3 Å². The van der Waals surface area contributed by atoms with Crippen LogP contribution in [0.5, 0.6) is 11.5 Å². The Bertz CT molecular complexity index is 1410. The Balaban J connectivity index is 1.78. The molecule has 3 aromatic rings. The number of nitrogens with zero attached hydrogens (tertiary/aromatic N) is 3. The van der Waals surface area contributed by atoms with Crippen molar-refractivity contribution in [2.75, 3.05) is 0 Å². The lowest BCUT2D eigenvalue weighted by atomic mass is 10.0. The maximum Gasteiger partial charge on any atom is 0.573 e. The number of alkyl halides is 3. The van der Waals surface area contributed by atoms with Gasteiger partial charge in [0.05, 0.1) is 29.4 Å². The summed E-state index contributed by atoms with van der Waals surface area (Å²) in [5, 5.41) is 31.0. The third-order valence-corrected chi connectivity index (χ3v) is 5.43. The minimum absolute atomic E-state index is 0.177. The van der Waals surface area contributed by atoms with Gasteiger partial charge in [0.15, 0.2) is 0 Å². The molecule has 0 aliphatic heterocycles. The number of aromatic nitrogens is 1.